The van der Waals surface area contributed by atoms with E-state index in [0.717, 1.165) is 5.56 Å². The third kappa shape index (κ3) is 6.91. The maximum absolute atomic E-state index is 13.6. The zero-order valence-electron chi connectivity index (χ0n) is 23.6. The highest BCUT2D eigenvalue weighted by Gasteiger charge is 2.40. The minimum Gasteiger partial charge on any atom is -0.385 e. The number of piperazine rings is 1. The Hall–Kier alpha value is -3.90. The van der Waals surface area contributed by atoms with Crippen molar-refractivity contribution in [3.8, 4) is 0 Å². The first-order chi connectivity index (χ1) is 20.7. The number of likely N-dealkylation sites (tertiary alicyclic amines) is 1. The molecule has 0 saturated carbocycles. The molecule has 234 valence electrons. The topological polar surface area (TPSA) is 64.1 Å². The standard InChI is InChI=1S/C32H31F6N3O3/c33-31(34,35)25-17-23(18-26(19-25)32(36,37)38)29(43)40-15-16-41(27(20-40)22-7-3-1-4-8-22)28(42)21-39-13-11-30(44,12-14-39)24-9-5-2-6-10-24/h1-10,17-19,27,44H,11-16,20-21H2. The van der Waals surface area contributed by atoms with E-state index in [-0.39, 0.29) is 38.2 Å². The van der Waals surface area contributed by atoms with Crippen molar-refractivity contribution >= 4 is 11.8 Å². The van der Waals surface area contributed by atoms with E-state index in [1.807, 2.05) is 35.2 Å². The smallest absolute Gasteiger partial charge is 0.385 e. The van der Waals surface area contributed by atoms with Gasteiger partial charge in [-0.1, -0.05) is 60.7 Å². The Bertz CT molecular complexity index is 1440. The molecule has 0 radical (unpaired) electrons. The average Bonchev–Trinajstić information content (AvgIpc) is 3.01. The van der Waals surface area contributed by atoms with Crippen LogP contribution in [0.1, 0.15) is 51.5 Å². The molecule has 0 bridgehead atoms. The number of carbonyl (C=O) groups excluding carboxylic acids is 2. The summed E-state index contributed by atoms with van der Waals surface area (Å²) < 4.78 is 80.6. The molecule has 2 heterocycles. The fraction of sp³-hybridized carbons (Fsp3) is 0.375. The summed E-state index contributed by atoms with van der Waals surface area (Å²) in [6, 6.07) is 18.3. The molecule has 1 N–H and O–H groups in total. The summed E-state index contributed by atoms with van der Waals surface area (Å²) >= 11 is 0. The Morgan fingerprint density at radius 3 is 1.86 bits per heavy atom. The van der Waals surface area contributed by atoms with E-state index in [0.29, 0.717) is 43.6 Å². The van der Waals surface area contributed by atoms with E-state index in [2.05, 4.69) is 0 Å². The van der Waals surface area contributed by atoms with Crippen molar-refractivity contribution in [2.45, 2.75) is 36.8 Å². The molecule has 0 spiro atoms. The minimum absolute atomic E-state index is 0.0125. The first-order valence-corrected chi connectivity index (χ1v) is 14.2. The molecule has 2 amide bonds. The monoisotopic (exact) mass is 619 g/mol. The van der Waals surface area contributed by atoms with Crippen molar-refractivity contribution in [2.75, 3.05) is 39.3 Å². The van der Waals surface area contributed by atoms with Gasteiger partial charge in [-0.3, -0.25) is 14.5 Å². The van der Waals surface area contributed by atoms with Gasteiger partial charge in [0.1, 0.15) is 0 Å². The quantitative estimate of drug-likeness (QED) is 0.371. The summed E-state index contributed by atoms with van der Waals surface area (Å²) in [6.45, 7) is 0.867. The molecular weight excluding hydrogens is 588 g/mol. The molecule has 6 nitrogen and oxygen atoms in total. The number of carbonyl (C=O) groups is 2. The van der Waals surface area contributed by atoms with Crippen molar-refractivity contribution in [2.24, 2.45) is 0 Å². The van der Waals surface area contributed by atoms with Gasteiger partial charge in [0.15, 0.2) is 0 Å². The van der Waals surface area contributed by atoms with Crippen molar-refractivity contribution in [3.05, 3.63) is 107 Å². The number of alkyl halides is 6. The highest BCUT2D eigenvalue weighted by molar-refractivity contribution is 5.95. The maximum Gasteiger partial charge on any atom is 0.416 e. The molecule has 5 rings (SSSR count). The van der Waals surface area contributed by atoms with Crippen LogP contribution < -0.4 is 0 Å². The Kier molecular flexibility index (Phi) is 8.77. The molecule has 2 saturated heterocycles. The number of amides is 2. The van der Waals surface area contributed by atoms with E-state index in [9.17, 15) is 41.0 Å². The van der Waals surface area contributed by atoms with E-state index in [1.54, 1.807) is 35.2 Å². The summed E-state index contributed by atoms with van der Waals surface area (Å²) in [5, 5.41) is 11.1. The first kappa shape index (κ1) is 31.5. The van der Waals surface area contributed by atoms with E-state index in [1.165, 1.54) is 4.90 Å². The molecular formula is C32H31F6N3O3. The highest BCUT2D eigenvalue weighted by atomic mass is 19.4. The Labute approximate surface area is 250 Å². The minimum atomic E-state index is -5.08. The van der Waals surface area contributed by atoms with E-state index >= 15 is 0 Å². The summed E-state index contributed by atoms with van der Waals surface area (Å²) in [5.74, 6) is -1.21. The van der Waals surface area contributed by atoms with Crippen molar-refractivity contribution in [3.63, 3.8) is 0 Å². The van der Waals surface area contributed by atoms with Gasteiger partial charge in [-0.05, 0) is 42.2 Å². The third-order valence-corrected chi connectivity index (χ3v) is 8.36. The van der Waals surface area contributed by atoms with Crippen molar-refractivity contribution in [1.29, 1.82) is 0 Å². The Morgan fingerprint density at radius 1 is 0.773 bits per heavy atom. The summed E-state index contributed by atoms with van der Waals surface area (Å²) in [5.41, 5.74) is -3.35. The van der Waals surface area contributed by atoms with E-state index in [4.69, 9.17) is 0 Å². The molecule has 3 aromatic carbocycles. The number of hydrogen-bond donors (Lipinski definition) is 1. The lowest BCUT2D eigenvalue weighted by Gasteiger charge is -2.43. The lowest BCUT2D eigenvalue weighted by molar-refractivity contribution is -0.143. The van der Waals surface area contributed by atoms with Crippen LogP contribution in [0.15, 0.2) is 78.9 Å². The second-order valence-electron chi connectivity index (χ2n) is 11.2. The number of aliphatic hydroxyl groups is 1. The molecule has 2 aliphatic heterocycles. The van der Waals surface area contributed by atoms with Gasteiger partial charge in [-0.25, -0.2) is 0 Å². The van der Waals surface area contributed by atoms with Crippen molar-refractivity contribution in [1.82, 2.24) is 14.7 Å². The molecule has 2 aliphatic rings. The summed E-state index contributed by atoms with van der Waals surface area (Å²) in [6.07, 6.45) is -9.30. The normalized spacial score (nSPS) is 19.6. The fourth-order valence-electron chi connectivity index (χ4n) is 5.89. The van der Waals surface area contributed by atoms with Gasteiger partial charge in [0.25, 0.3) is 5.91 Å². The van der Waals surface area contributed by atoms with Crippen LogP contribution in [-0.2, 0) is 22.7 Å². The summed E-state index contributed by atoms with van der Waals surface area (Å²) in [4.78, 5) is 31.7. The molecule has 0 aromatic heterocycles. The second-order valence-corrected chi connectivity index (χ2v) is 11.2. The van der Waals surface area contributed by atoms with Gasteiger partial charge >= 0.3 is 12.4 Å². The van der Waals surface area contributed by atoms with Gasteiger partial charge in [-0.2, -0.15) is 26.3 Å². The molecule has 1 atom stereocenters. The summed E-state index contributed by atoms with van der Waals surface area (Å²) in [7, 11) is 0. The molecule has 12 heteroatoms. The van der Waals surface area contributed by atoms with E-state index < -0.39 is 46.6 Å². The molecule has 2 fully saturated rings. The molecule has 0 aliphatic carbocycles. The SMILES string of the molecule is O=C(c1cc(C(F)(F)F)cc(C(F)(F)F)c1)N1CCN(C(=O)CN2CCC(O)(c3ccccc3)CC2)C(c2ccccc2)C1. The largest absolute Gasteiger partial charge is 0.416 e. The van der Waals surface area contributed by atoms with Crippen LogP contribution in [0.3, 0.4) is 0 Å². The predicted octanol–water partition coefficient (Wildman–Crippen LogP) is 5.73. The number of halogens is 6. The average molecular weight is 620 g/mol. The van der Waals surface area contributed by atoms with Crippen LogP contribution >= 0.6 is 0 Å². The predicted molar refractivity (Wildman–Crippen MR) is 149 cm³/mol. The van der Waals surface area contributed by atoms with Crippen LogP contribution in [0.2, 0.25) is 0 Å². The van der Waals surface area contributed by atoms with Crippen molar-refractivity contribution < 1.29 is 41.0 Å². The van der Waals surface area contributed by atoms with Crippen LogP contribution in [0.5, 0.6) is 0 Å². The number of nitrogens with zero attached hydrogens (tertiary/aromatic N) is 3. The lowest BCUT2D eigenvalue weighted by atomic mass is 9.84. The van der Waals surface area contributed by atoms with Gasteiger partial charge < -0.3 is 14.9 Å². The molecule has 3 aromatic rings. The number of benzene rings is 3. The fourth-order valence-corrected chi connectivity index (χ4v) is 5.89. The third-order valence-electron chi connectivity index (χ3n) is 8.36. The maximum atomic E-state index is 13.6. The van der Waals surface area contributed by atoms with Crippen LogP contribution in [0.25, 0.3) is 0 Å². The van der Waals surface area contributed by atoms with Crippen LogP contribution in [0, 0.1) is 0 Å². The zero-order valence-corrected chi connectivity index (χ0v) is 23.6. The van der Waals surface area contributed by atoms with Gasteiger partial charge in [-0.15, -0.1) is 0 Å². The second kappa shape index (κ2) is 12.2. The number of rotatable bonds is 5. The Morgan fingerprint density at radius 2 is 1.32 bits per heavy atom. The molecule has 1 unspecified atom stereocenters. The highest BCUT2D eigenvalue weighted by Crippen LogP contribution is 2.37. The van der Waals surface area contributed by atoms with Crippen LogP contribution in [0.4, 0.5) is 26.3 Å². The zero-order chi connectivity index (χ0) is 31.7. The van der Waals surface area contributed by atoms with Gasteiger partial charge in [0.05, 0.1) is 29.3 Å². The molecule has 44 heavy (non-hydrogen) atoms. The van der Waals surface area contributed by atoms with Gasteiger partial charge in [0, 0.05) is 38.3 Å². The lowest BCUT2D eigenvalue weighted by Crippen LogP contribution is -2.55. The number of hydrogen-bond acceptors (Lipinski definition) is 4. The first-order valence-electron chi connectivity index (χ1n) is 14.2. The Balaban J connectivity index is 1.32. The number of piperidine rings is 1. The van der Waals surface area contributed by atoms with Gasteiger partial charge in [0.2, 0.25) is 5.91 Å². The van der Waals surface area contributed by atoms with Crippen LogP contribution in [-0.4, -0.2) is 70.9 Å².